The Labute approximate surface area is 146 Å². The SMILES string of the molecule is CCCCC1CCCN1S(=O)(=O)c1sc2c(c1C(=O)O)CCNC2. The van der Waals surface area contributed by atoms with Crippen LogP contribution in [0.3, 0.4) is 0 Å². The van der Waals surface area contributed by atoms with Crippen molar-refractivity contribution in [2.24, 2.45) is 0 Å². The maximum atomic E-state index is 13.2. The molecule has 2 N–H and O–H groups in total. The van der Waals surface area contributed by atoms with Gasteiger partial charge in [-0.2, -0.15) is 4.31 Å². The molecule has 8 heteroatoms. The Morgan fingerprint density at radius 3 is 2.96 bits per heavy atom. The van der Waals surface area contributed by atoms with E-state index in [9.17, 15) is 18.3 Å². The molecule has 1 fully saturated rings. The summed E-state index contributed by atoms with van der Waals surface area (Å²) in [5.41, 5.74) is 0.715. The van der Waals surface area contributed by atoms with Crippen LogP contribution >= 0.6 is 11.3 Å². The van der Waals surface area contributed by atoms with Gasteiger partial charge >= 0.3 is 5.97 Å². The quantitative estimate of drug-likeness (QED) is 0.801. The van der Waals surface area contributed by atoms with Gasteiger partial charge in [-0.05, 0) is 37.8 Å². The lowest BCUT2D eigenvalue weighted by molar-refractivity contribution is 0.0692. The Morgan fingerprint density at radius 1 is 1.46 bits per heavy atom. The number of carbonyl (C=O) groups is 1. The van der Waals surface area contributed by atoms with Crippen molar-refractivity contribution in [1.82, 2.24) is 9.62 Å². The van der Waals surface area contributed by atoms with E-state index in [-0.39, 0.29) is 15.8 Å². The van der Waals surface area contributed by atoms with E-state index in [1.165, 1.54) is 0 Å². The fourth-order valence-corrected chi connectivity index (χ4v) is 7.37. The van der Waals surface area contributed by atoms with Crippen molar-refractivity contribution in [1.29, 1.82) is 0 Å². The second kappa shape index (κ2) is 7.11. The molecule has 1 aromatic heterocycles. The molecule has 1 unspecified atom stereocenters. The maximum absolute atomic E-state index is 13.2. The summed E-state index contributed by atoms with van der Waals surface area (Å²) >= 11 is 1.14. The summed E-state index contributed by atoms with van der Waals surface area (Å²) in [6.45, 7) is 3.83. The molecule has 3 heterocycles. The predicted molar refractivity (Wildman–Crippen MR) is 93.1 cm³/mol. The van der Waals surface area contributed by atoms with Crippen LogP contribution in [0.2, 0.25) is 0 Å². The maximum Gasteiger partial charge on any atom is 0.338 e. The minimum atomic E-state index is -3.74. The van der Waals surface area contributed by atoms with Gasteiger partial charge in [-0.15, -0.1) is 11.3 Å². The summed E-state index contributed by atoms with van der Waals surface area (Å²) in [5, 5.41) is 12.8. The number of rotatable bonds is 6. The van der Waals surface area contributed by atoms with Crippen LogP contribution in [0.1, 0.15) is 59.8 Å². The van der Waals surface area contributed by atoms with Gasteiger partial charge in [0.05, 0.1) is 5.56 Å². The van der Waals surface area contributed by atoms with Gasteiger partial charge in [-0.3, -0.25) is 0 Å². The van der Waals surface area contributed by atoms with Crippen LogP contribution in [0, 0.1) is 0 Å². The number of carboxylic acids is 1. The monoisotopic (exact) mass is 372 g/mol. The van der Waals surface area contributed by atoms with Crippen LogP contribution in [0.5, 0.6) is 0 Å². The van der Waals surface area contributed by atoms with Gasteiger partial charge < -0.3 is 10.4 Å². The van der Waals surface area contributed by atoms with E-state index in [0.29, 0.717) is 31.6 Å². The van der Waals surface area contributed by atoms with Crippen LogP contribution in [0.15, 0.2) is 4.21 Å². The number of nitrogens with zero attached hydrogens (tertiary/aromatic N) is 1. The number of hydrogen-bond acceptors (Lipinski definition) is 5. The van der Waals surface area contributed by atoms with Gasteiger partial charge in [0, 0.05) is 24.0 Å². The van der Waals surface area contributed by atoms with Gasteiger partial charge in [0.25, 0.3) is 10.0 Å². The second-order valence-electron chi connectivity index (χ2n) is 6.45. The zero-order valence-electron chi connectivity index (χ0n) is 13.9. The highest BCUT2D eigenvalue weighted by Crippen LogP contribution is 2.38. The molecule has 3 rings (SSSR count). The summed E-state index contributed by atoms with van der Waals surface area (Å²) in [6, 6.07) is 0.00819. The highest BCUT2D eigenvalue weighted by atomic mass is 32.2. The zero-order valence-corrected chi connectivity index (χ0v) is 15.5. The standard InChI is InChI=1S/C16H24N2O4S2/c1-2-3-5-11-6-4-9-18(11)24(21,22)16-14(15(19)20)12-7-8-17-10-13(12)23-16/h11,17H,2-10H2,1H3,(H,19,20). The van der Waals surface area contributed by atoms with E-state index in [4.69, 9.17) is 0 Å². The normalized spacial score (nSPS) is 21.8. The number of hydrogen-bond donors (Lipinski definition) is 2. The number of aromatic carboxylic acids is 1. The molecule has 2 aliphatic heterocycles. The van der Waals surface area contributed by atoms with E-state index in [2.05, 4.69) is 12.2 Å². The Morgan fingerprint density at radius 2 is 2.25 bits per heavy atom. The summed E-state index contributed by atoms with van der Waals surface area (Å²) in [7, 11) is -3.74. The average Bonchev–Trinajstić information content (AvgIpc) is 3.17. The van der Waals surface area contributed by atoms with E-state index in [0.717, 1.165) is 48.3 Å². The van der Waals surface area contributed by atoms with E-state index in [1.807, 2.05) is 0 Å². The van der Waals surface area contributed by atoms with Gasteiger partial charge in [0.2, 0.25) is 0 Å². The number of sulfonamides is 1. The average molecular weight is 373 g/mol. The molecule has 134 valence electrons. The largest absolute Gasteiger partial charge is 0.478 e. The summed E-state index contributed by atoms with van der Waals surface area (Å²) < 4.78 is 28.0. The molecule has 6 nitrogen and oxygen atoms in total. The third-order valence-corrected chi connectivity index (χ3v) is 8.55. The molecule has 1 saturated heterocycles. The predicted octanol–water partition coefficient (Wildman–Crippen LogP) is 2.44. The van der Waals surface area contributed by atoms with Crippen LogP contribution < -0.4 is 5.32 Å². The molecule has 24 heavy (non-hydrogen) atoms. The van der Waals surface area contributed by atoms with Crippen molar-refractivity contribution in [3.05, 3.63) is 16.0 Å². The lowest BCUT2D eigenvalue weighted by atomic mass is 10.1. The Hall–Kier alpha value is -0.960. The molecular formula is C16H24N2O4S2. The molecule has 2 aliphatic rings. The number of fused-ring (bicyclic) bond motifs is 1. The molecule has 0 aliphatic carbocycles. The molecule has 0 amide bonds. The molecule has 1 aromatic rings. The fourth-order valence-electron chi connectivity index (χ4n) is 3.67. The van der Waals surface area contributed by atoms with E-state index >= 15 is 0 Å². The minimum Gasteiger partial charge on any atom is -0.478 e. The van der Waals surface area contributed by atoms with Crippen LogP contribution in [-0.4, -0.2) is 42.9 Å². The first-order valence-electron chi connectivity index (χ1n) is 8.57. The van der Waals surface area contributed by atoms with Crippen LogP contribution in [-0.2, 0) is 23.0 Å². The Balaban J connectivity index is 2.00. The fraction of sp³-hybridized carbons (Fsp3) is 0.688. The summed E-state index contributed by atoms with van der Waals surface area (Å²) in [5.74, 6) is -1.13. The first kappa shape index (κ1) is 17.8. The highest BCUT2D eigenvalue weighted by Gasteiger charge is 2.40. The number of unbranched alkanes of at least 4 members (excludes halogenated alkanes) is 1. The topological polar surface area (TPSA) is 86.7 Å². The van der Waals surface area contributed by atoms with Crippen molar-refractivity contribution < 1.29 is 18.3 Å². The molecule has 1 atom stereocenters. The van der Waals surface area contributed by atoms with Gasteiger partial charge in [0.15, 0.2) is 0 Å². The second-order valence-corrected chi connectivity index (χ2v) is 9.64. The van der Waals surface area contributed by atoms with Crippen molar-refractivity contribution in [2.45, 2.75) is 62.2 Å². The summed E-state index contributed by atoms with van der Waals surface area (Å²) in [4.78, 5) is 12.6. The van der Waals surface area contributed by atoms with Crippen molar-refractivity contribution in [3.8, 4) is 0 Å². The van der Waals surface area contributed by atoms with E-state index < -0.39 is 16.0 Å². The number of nitrogens with one attached hydrogen (secondary N) is 1. The van der Waals surface area contributed by atoms with Gasteiger partial charge in [-0.25, -0.2) is 13.2 Å². The molecule has 0 saturated carbocycles. The summed E-state index contributed by atoms with van der Waals surface area (Å²) in [6.07, 6.45) is 5.17. The van der Waals surface area contributed by atoms with Gasteiger partial charge in [-0.1, -0.05) is 19.8 Å². The molecule has 0 spiro atoms. The lowest BCUT2D eigenvalue weighted by Crippen LogP contribution is -2.35. The first-order chi connectivity index (χ1) is 11.5. The Bertz CT molecular complexity index is 727. The molecule has 0 radical (unpaired) electrons. The van der Waals surface area contributed by atoms with Crippen LogP contribution in [0.25, 0.3) is 0 Å². The van der Waals surface area contributed by atoms with Crippen molar-refractivity contribution in [3.63, 3.8) is 0 Å². The Kier molecular flexibility index (Phi) is 5.29. The molecule has 0 bridgehead atoms. The molecule has 0 aromatic carbocycles. The first-order valence-corrected chi connectivity index (χ1v) is 10.8. The van der Waals surface area contributed by atoms with Crippen molar-refractivity contribution in [2.75, 3.05) is 13.1 Å². The third kappa shape index (κ3) is 3.12. The lowest BCUT2D eigenvalue weighted by Gasteiger charge is -2.23. The van der Waals surface area contributed by atoms with Crippen LogP contribution in [0.4, 0.5) is 0 Å². The smallest absolute Gasteiger partial charge is 0.338 e. The minimum absolute atomic E-state index is 0.00819. The number of thiophene rings is 1. The van der Waals surface area contributed by atoms with E-state index in [1.54, 1.807) is 4.31 Å². The highest BCUT2D eigenvalue weighted by molar-refractivity contribution is 7.91. The number of carboxylic acid groups (broad SMARTS) is 1. The third-order valence-electron chi connectivity index (χ3n) is 4.87. The van der Waals surface area contributed by atoms with Crippen molar-refractivity contribution >= 4 is 27.3 Å². The molecular weight excluding hydrogens is 348 g/mol. The van der Waals surface area contributed by atoms with Gasteiger partial charge in [0.1, 0.15) is 4.21 Å². The zero-order chi connectivity index (χ0) is 17.3.